The molecule has 3 saturated heterocycles. The second-order valence-corrected chi connectivity index (χ2v) is 9.11. The molecule has 0 saturated carbocycles. The molecule has 0 bridgehead atoms. The zero-order chi connectivity index (χ0) is 22.0. The van der Waals surface area contributed by atoms with Crippen LogP contribution in [0.4, 0.5) is 5.82 Å². The molecule has 3 aliphatic heterocycles. The number of aliphatic carboxylic acids is 1. The predicted molar refractivity (Wildman–Crippen MR) is 119 cm³/mol. The van der Waals surface area contributed by atoms with Crippen molar-refractivity contribution in [2.45, 2.75) is 63.3 Å². The number of nitrogens with two attached hydrogens (primary N) is 1. The molecular weight excluding hydrogens is 396 g/mol. The lowest BCUT2D eigenvalue weighted by Gasteiger charge is -2.45. The molecule has 3 N–H and O–H groups in total. The van der Waals surface area contributed by atoms with Gasteiger partial charge >= 0.3 is 0 Å². The minimum Gasteiger partial charge on any atom is -0.481 e. The van der Waals surface area contributed by atoms with Gasteiger partial charge in [-0.1, -0.05) is 0 Å². The standard InChI is InChI=1S/C20H30N6O.C2H4O2/c1-24-11-7-20(8-12-24)6-2-9-25(20)13-15-3-4-17(27-15)26-10-5-16-18(21)22-14-23-19(16)26;1-2(3)4/h5,10,14-15,17H,2-4,6-9,11-13H2,1H3,(H2,21,22,23);1H3,(H,3,4). The van der Waals surface area contributed by atoms with E-state index in [0.717, 1.165) is 37.3 Å². The summed E-state index contributed by atoms with van der Waals surface area (Å²) in [5.41, 5.74) is 7.28. The highest BCUT2D eigenvalue weighted by Crippen LogP contribution is 2.40. The fourth-order valence-corrected chi connectivity index (χ4v) is 5.37. The average Bonchev–Trinajstić information content (AvgIpc) is 3.44. The van der Waals surface area contributed by atoms with Crippen LogP contribution in [-0.2, 0) is 9.53 Å². The highest BCUT2D eigenvalue weighted by Gasteiger charge is 2.44. The van der Waals surface area contributed by atoms with Crippen LogP contribution in [0.2, 0.25) is 0 Å². The first-order chi connectivity index (χ1) is 14.9. The topological polar surface area (TPSA) is 110 Å². The van der Waals surface area contributed by atoms with Gasteiger partial charge in [0.25, 0.3) is 5.97 Å². The third kappa shape index (κ3) is 4.68. The molecule has 9 heteroatoms. The van der Waals surface area contributed by atoms with Crippen LogP contribution < -0.4 is 5.73 Å². The van der Waals surface area contributed by atoms with Gasteiger partial charge in [0.2, 0.25) is 0 Å². The van der Waals surface area contributed by atoms with Gasteiger partial charge < -0.3 is 25.0 Å². The number of ether oxygens (including phenoxy) is 1. The van der Waals surface area contributed by atoms with Gasteiger partial charge in [-0.15, -0.1) is 0 Å². The second-order valence-electron chi connectivity index (χ2n) is 9.11. The van der Waals surface area contributed by atoms with Crippen molar-refractivity contribution in [3.8, 4) is 0 Å². The van der Waals surface area contributed by atoms with E-state index < -0.39 is 5.97 Å². The molecule has 1 spiro atoms. The third-order valence-corrected chi connectivity index (χ3v) is 7.02. The number of hydrogen-bond acceptors (Lipinski definition) is 7. The lowest BCUT2D eigenvalue weighted by molar-refractivity contribution is -0.134. The Morgan fingerprint density at radius 1 is 1.26 bits per heavy atom. The maximum absolute atomic E-state index is 9.00. The lowest BCUT2D eigenvalue weighted by atomic mass is 9.85. The summed E-state index contributed by atoms with van der Waals surface area (Å²) in [5.74, 6) is -0.297. The molecule has 5 rings (SSSR count). The van der Waals surface area contributed by atoms with E-state index >= 15 is 0 Å². The molecule has 5 heterocycles. The summed E-state index contributed by atoms with van der Waals surface area (Å²) in [7, 11) is 2.24. The first-order valence-electron chi connectivity index (χ1n) is 11.2. The van der Waals surface area contributed by atoms with Crippen LogP contribution >= 0.6 is 0 Å². The highest BCUT2D eigenvalue weighted by molar-refractivity contribution is 5.86. The first kappa shape index (κ1) is 22.0. The smallest absolute Gasteiger partial charge is 0.300 e. The van der Waals surface area contributed by atoms with E-state index in [-0.39, 0.29) is 6.23 Å². The van der Waals surface area contributed by atoms with Gasteiger partial charge in [-0.05, 0) is 71.3 Å². The van der Waals surface area contributed by atoms with Crippen LogP contribution in [0.15, 0.2) is 18.6 Å². The van der Waals surface area contributed by atoms with E-state index in [0.29, 0.717) is 17.5 Å². The number of piperidine rings is 1. The van der Waals surface area contributed by atoms with Crippen LogP contribution in [0.25, 0.3) is 11.0 Å². The molecule has 170 valence electrons. The Kier molecular flexibility index (Phi) is 6.45. The van der Waals surface area contributed by atoms with Crippen LogP contribution in [0.5, 0.6) is 0 Å². The van der Waals surface area contributed by atoms with E-state index in [4.69, 9.17) is 20.4 Å². The van der Waals surface area contributed by atoms with E-state index in [1.807, 2.05) is 12.3 Å². The molecule has 3 aliphatic rings. The summed E-state index contributed by atoms with van der Waals surface area (Å²) in [4.78, 5) is 22.7. The number of hydrogen-bond donors (Lipinski definition) is 2. The first-order valence-corrected chi connectivity index (χ1v) is 11.2. The predicted octanol–water partition coefficient (Wildman–Crippen LogP) is 2.34. The number of carboxylic acids is 1. The van der Waals surface area contributed by atoms with Crippen molar-refractivity contribution in [1.82, 2.24) is 24.3 Å². The molecule has 31 heavy (non-hydrogen) atoms. The Hall–Kier alpha value is -2.23. The molecule has 2 unspecified atom stereocenters. The van der Waals surface area contributed by atoms with E-state index in [1.165, 1.54) is 51.6 Å². The quantitative estimate of drug-likeness (QED) is 0.764. The molecule has 2 atom stereocenters. The van der Waals surface area contributed by atoms with Crippen LogP contribution in [0.3, 0.4) is 0 Å². The number of fused-ring (bicyclic) bond motifs is 1. The zero-order valence-corrected chi connectivity index (χ0v) is 18.5. The average molecular weight is 431 g/mol. The monoisotopic (exact) mass is 430 g/mol. The van der Waals surface area contributed by atoms with Crippen LogP contribution in [0, 0.1) is 0 Å². The number of rotatable bonds is 3. The van der Waals surface area contributed by atoms with Gasteiger partial charge in [0.15, 0.2) is 0 Å². The van der Waals surface area contributed by atoms with Crippen molar-refractivity contribution >= 4 is 22.8 Å². The zero-order valence-electron chi connectivity index (χ0n) is 18.5. The molecule has 2 aromatic heterocycles. The Morgan fingerprint density at radius 3 is 2.74 bits per heavy atom. The molecule has 3 fully saturated rings. The molecule has 0 aromatic carbocycles. The summed E-state index contributed by atoms with van der Waals surface area (Å²) in [6.45, 7) is 5.82. The molecular formula is C22H34N6O3. The molecule has 0 aliphatic carbocycles. The minimum atomic E-state index is -0.833. The minimum absolute atomic E-state index is 0.0536. The lowest BCUT2D eigenvalue weighted by Crippen LogP contribution is -2.53. The van der Waals surface area contributed by atoms with Gasteiger partial charge in [-0.2, -0.15) is 0 Å². The second kappa shape index (κ2) is 9.10. The maximum Gasteiger partial charge on any atom is 0.300 e. The third-order valence-electron chi connectivity index (χ3n) is 7.02. The fraction of sp³-hybridized carbons (Fsp3) is 0.682. The SMILES string of the molecule is CC(=O)O.CN1CCC2(CCCN2CC2CCC(n3ccc4c(N)ncnc43)O2)CC1. The van der Waals surface area contributed by atoms with Gasteiger partial charge in [-0.25, -0.2) is 9.97 Å². The number of nitrogens with zero attached hydrogens (tertiary/aromatic N) is 5. The Bertz CT molecular complexity index is 904. The summed E-state index contributed by atoms with van der Waals surface area (Å²) in [5, 5.41) is 8.33. The van der Waals surface area contributed by atoms with Crippen molar-refractivity contribution < 1.29 is 14.6 Å². The maximum atomic E-state index is 9.00. The molecule has 0 amide bonds. The number of carbonyl (C=O) groups is 1. The summed E-state index contributed by atoms with van der Waals surface area (Å²) >= 11 is 0. The molecule has 0 radical (unpaired) electrons. The molecule has 9 nitrogen and oxygen atoms in total. The van der Waals surface area contributed by atoms with E-state index in [2.05, 4.69) is 31.4 Å². The fourth-order valence-electron chi connectivity index (χ4n) is 5.37. The van der Waals surface area contributed by atoms with Gasteiger partial charge in [-0.3, -0.25) is 9.69 Å². The highest BCUT2D eigenvalue weighted by atomic mass is 16.5. The van der Waals surface area contributed by atoms with Crippen LogP contribution in [0.1, 0.15) is 51.7 Å². The number of likely N-dealkylation sites (tertiary alicyclic amines) is 2. The normalized spacial score (nSPS) is 26.3. The van der Waals surface area contributed by atoms with Crippen molar-refractivity contribution in [3.05, 3.63) is 18.6 Å². The largest absolute Gasteiger partial charge is 0.481 e. The Morgan fingerprint density at radius 2 is 2.00 bits per heavy atom. The van der Waals surface area contributed by atoms with E-state index in [1.54, 1.807) is 0 Å². The number of carboxylic acid groups (broad SMARTS) is 1. The molecule has 2 aromatic rings. The number of aromatic nitrogens is 3. The van der Waals surface area contributed by atoms with Crippen molar-refractivity contribution in [3.63, 3.8) is 0 Å². The van der Waals surface area contributed by atoms with Gasteiger partial charge in [0.1, 0.15) is 24.0 Å². The van der Waals surface area contributed by atoms with Gasteiger partial charge in [0.05, 0.1) is 11.5 Å². The Labute approximate surface area is 183 Å². The number of anilines is 1. The summed E-state index contributed by atoms with van der Waals surface area (Å²) in [6, 6.07) is 2.00. The van der Waals surface area contributed by atoms with E-state index in [9.17, 15) is 0 Å². The van der Waals surface area contributed by atoms with Crippen molar-refractivity contribution in [2.24, 2.45) is 0 Å². The van der Waals surface area contributed by atoms with Crippen LogP contribution in [-0.4, -0.2) is 80.3 Å². The number of nitrogen functional groups attached to an aromatic ring is 1. The van der Waals surface area contributed by atoms with Gasteiger partial charge in [0, 0.05) is 25.2 Å². The Balaban J connectivity index is 0.000000535. The summed E-state index contributed by atoms with van der Waals surface area (Å²) < 4.78 is 8.61. The summed E-state index contributed by atoms with van der Waals surface area (Å²) in [6.07, 6.45) is 11.4. The van der Waals surface area contributed by atoms with Crippen molar-refractivity contribution in [2.75, 3.05) is 39.0 Å². The van der Waals surface area contributed by atoms with Crippen molar-refractivity contribution in [1.29, 1.82) is 0 Å².